The molecule has 0 aromatic carbocycles. The number of carbonyl (C=O) groups excluding carboxylic acids is 1. The van der Waals surface area contributed by atoms with Crippen LogP contribution in [-0.2, 0) is 4.79 Å². The Kier molecular flexibility index (Phi) is 3.69. The molecule has 0 unspecified atom stereocenters. The number of nitrogens with zero attached hydrogens (tertiary/aromatic N) is 1. The molecule has 4 nitrogen and oxygen atoms in total. The van der Waals surface area contributed by atoms with Crippen molar-refractivity contribution in [1.29, 1.82) is 0 Å². The van der Waals surface area contributed by atoms with Crippen LogP contribution in [-0.4, -0.2) is 45.7 Å². The molecule has 1 amide bonds. The van der Waals surface area contributed by atoms with E-state index in [2.05, 4.69) is 19.2 Å². The van der Waals surface area contributed by atoms with Crippen molar-refractivity contribution in [2.75, 3.05) is 13.2 Å². The van der Waals surface area contributed by atoms with Gasteiger partial charge in [-0.2, -0.15) is 0 Å². The van der Waals surface area contributed by atoms with E-state index in [9.17, 15) is 9.90 Å². The number of piperazine rings is 1. The number of hydrogen-bond donors (Lipinski definition) is 2. The second kappa shape index (κ2) is 4.74. The van der Waals surface area contributed by atoms with E-state index in [0.717, 1.165) is 25.7 Å². The molecule has 110 valence electrons. The van der Waals surface area contributed by atoms with Crippen molar-refractivity contribution < 1.29 is 9.90 Å². The molecule has 1 aliphatic heterocycles. The lowest BCUT2D eigenvalue weighted by Crippen LogP contribution is -2.75. The third kappa shape index (κ3) is 2.65. The molecular formula is C15H28N2O2. The fraction of sp³-hybridized carbons (Fsp3) is 0.933. The average molecular weight is 268 g/mol. The topological polar surface area (TPSA) is 52.6 Å². The molecule has 2 N–H and O–H groups in total. The van der Waals surface area contributed by atoms with E-state index in [1.165, 1.54) is 6.42 Å². The second-order valence-electron chi connectivity index (χ2n) is 7.51. The van der Waals surface area contributed by atoms with E-state index < -0.39 is 11.1 Å². The Balaban J connectivity index is 2.33. The van der Waals surface area contributed by atoms with E-state index in [1.54, 1.807) is 0 Å². The Labute approximate surface area is 116 Å². The summed E-state index contributed by atoms with van der Waals surface area (Å²) in [7, 11) is 0. The predicted octanol–water partition coefficient (Wildman–Crippen LogP) is 1.67. The van der Waals surface area contributed by atoms with Crippen LogP contribution in [0.5, 0.6) is 0 Å². The van der Waals surface area contributed by atoms with E-state index in [0.29, 0.717) is 6.54 Å². The van der Waals surface area contributed by atoms with Crippen LogP contribution in [0.3, 0.4) is 0 Å². The zero-order chi connectivity index (χ0) is 14.3. The summed E-state index contributed by atoms with van der Waals surface area (Å²) in [5.74, 6) is 0.186. The molecule has 0 bridgehead atoms. The van der Waals surface area contributed by atoms with E-state index in [1.807, 2.05) is 18.7 Å². The minimum Gasteiger partial charge on any atom is -0.394 e. The van der Waals surface area contributed by atoms with Gasteiger partial charge in [-0.1, -0.05) is 19.3 Å². The normalized spacial score (nSPS) is 26.8. The van der Waals surface area contributed by atoms with Crippen molar-refractivity contribution in [2.24, 2.45) is 0 Å². The number of amides is 1. The van der Waals surface area contributed by atoms with Gasteiger partial charge in [-0.3, -0.25) is 10.1 Å². The molecule has 2 rings (SSSR count). The van der Waals surface area contributed by atoms with E-state index >= 15 is 0 Å². The summed E-state index contributed by atoms with van der Waals surface area (Å²) in [5.41, 5.74) is -0.981. The fourth-order valence-corrected chi connectivity index (χ4v) is 3.53. The first-order valence-electron chi connectivity index (χ1n) is 7.45. The third-order valence-electron chi connectivity index (χ3n) is 4.61. The number of carbonyl (C=O) groups is 1. The monoisotopic (exact) mass is 268 g/mol. The Morgan fingerprint density at radius 3 is 2.37 bits per heavy atom. The molecule has 1 spiro atoms. The molecule has 0 aromatic rings. The predicted molar refractivity (Wildman–Crippen MR) is 75.9 cm³/mol. The maximum atomic E-state index is 12.9. The van der Waals surface area contributed by atoms with Crippen molar-refractivity contribution in [3.8, 4) is 0 Å². The van der Waals surface area contributed by atoms with Gasteiger partial charge >= 0.3 is 0 Å². The van der Waals surface area contributed by atoms with Gasteiger partial charge in [0.25, 0.3) is 0 Å². The third-order valence-corrected chi connectivity index (χ3v) is 4.61. The van der Waals surface area contributed by atoms with Crippen LogP contribution in [0.2, 0.25) is 0 Å². The standard InChI is InChI=1S/C15H28N2O2/c1-13(2)10-17(14(3,4)11-18)12(19)15(16-13)8-6-5-7-9-15/h16,18H,5-11H2,1-4H3. The van der Waals surface area contributed by atoms with Crippen molar-refractivity contribution in [3.63, 3.8) is 0 Å². The molecule has 1 saturated heterocycles. The second-order valence-corrected chi connectivity index (χ2v) is 7.51. The first-order chi connectivity index (χ1) is 8.72. The summed E-state index contributed by atoms with van der Waals surface area (Å²) < 4.78 is 0. The Morgan fingerprint density at radius 2 is 1.84 bits per heavy atom. The molecular weight excluding hydrogens is 240 g/mol. The minimum atomic E-state index is -0.485. The maximum absolute atomic E-state index is 12.9. The molecule has 0 radical (unpaired) electrons. The van der Waals surface area contributed by atoms with Gasteiger partial charge in [-0.15, -0.1) is 0 Å². The average Bonchev–Trinajstić information content (AvgIpc) is 2.34. The number of hydrogen-bond acceptors (Lipinski definition) is 3. The zero-order valence-electron chi connectivity index (χ0n) is 12.8. The molecule has 0 aromatic heterocycles. The van der Waals surface area contributed by atoms with Crippen LogP contribution < -0.4 is 5.32 Å². The van der Waals surface area contributed by atoms with Crippen LogP contribution in [0.4, 0.5) is 0 Å². The Morgan fingerprint density at radius 1 is 1.26 bits per heavy atom. The van der Waals surface area contributed by atoms with Crippen molar-refractivity contribution in [3.05, 3.63) is 0 Å². The highest BCUT2D eigenvalue weighted by atomic mass is 16.3. The smallest absolute Gasteiger partial charge is 0.243 e. The van der Waals surface area contributed by atoms with Crippen molar-refractivity contribution >= 4 is 5.91 Å². The van der Waals surface area contributed by atoms with Gasteiger partial charge in [-0.05, 0) is 40.5 Å². The highest BCUT2D eigenvalue weighted by Gasteiger charge is 2.52. The highest BCUT2D eigenvalue weighted by Crippen LogP contribution is 2.37. The molecule has 1 heterocycles. The minimum absolute atomic E-state index is 0.00486. The lowest BCUT2D eigenvalue weighted by atomic mass is 9.75. The van der Waals surface area contributed by atoms with E-state index in [4.69, 9.17) is 0 Å². The fourth-order valence-electron chi connectivity index (χ4n) is 3.53. The van der Waals surface area contributed by atoms with Crippen molar-refractivity contribution in [1.82, 2.24) is 10.2 Å². The lowest BCUT2D eigenvalue weighted by Gasteiger charge is -2.55. The first-order valence-corrected chi connectivity index (χ1v) is 7.45. The summed E-state index contributed by atoms with van der Waals surface area (Å²) in [5, 5.41) is 13.2. The first kappa shape index (κ1) is 14.8. The molecule has 4 heteroatoms. The highest BCUT2D eigenvalue weighted by molar-refractivity contribution is 5.88. The lowest BCUT2D eigenvalue weighted by molar-refractivity contribution is -0.156. The Hall–Kier alpha value is -0.610. The van der Waals surface area contributed by atoms with Gasteiger partial charge in [0.15, 0.2) is 0 Å². The molecule has 2 aliphatic rings. The van der Waals surface area contributed by atoms with Crippen LogP contribution in [0.1, 0.15) is 59.8 Å². The molecule has 2 fully saturated rings. The SMILES string of the molecule is CC1(C)CN(C(C)(C)CO)C(=O)C2(CCCCC2)N1. The number of rotatable bonds is 2. The molecule has 1 saturated carbocycles. The molecule has 1 aliphatic carbocycles. The van der Waals surface area contributed by atoms with E-state index in [-0.39, 0.29) is 18.1 Å². The number of nitrogens with one attached hydrogen (secondary N) is 1. The van der Waals surface area contributed by atoms with Gasteiger partial charge in [0.2, 0.25) is 5.91 Å². The molecule has 0 atom stereocenters. The quantitative estimate of drug-likeness (QED) is 0.801. The zero-order valence-corrected chi connectivity index (χ0v) is 12.8. The maximum Gasteiger partial charge on any atom is 0.243 e. The van der Waals surface area contributed by atoms with Crippen LogP contribution >= 0.6 is 0 Å². The van der Waals surface area contributed by atoms with Gasteiger partial charge in [0.1, 0.15) is 0 Å². The van der Waals surface area contributed by atoms with Gasteiger partial charge in [0.05, 0.1) is 17.7 Å². The number of aliphatic hydroxyl groups is 1. The van der Waals surface area contributed by atoms with Gasteiger partial charge < -0.3 is 10.0 Å². The summed E-state index contributed by atoms with van der Waals surface area (Å²) in [6.07, 6.45) is 5.30. The Bertz CT molecular complexity index is 357. The summed E-state index contributed by atoms with van der Waals surface area (Å²) >= 11 is 0. The summed E-state index contributed by atoms with van der Waals surface area (Å²) in [4.78, 5) is 14.8. The van der Waals surface area contributed by atoms with Crippen LogP contribution in [0, 0.1) is 0 Å². The summed E-state index contributed by atoms with van der Waals surface area (Å²) in [6.45, 7) is 8.85. The molecule has 19 heavy (non-hydrogen) atoms. The van der Waals surface area contributed by atoms with Crippen molar-refractivity contribution in [2.45, 2.75) is 76.4 Å². The van der Waals surface area contributed by atoms with Gasteiger partial charge in [0, 0.05) is 12.1 Å². The van der Waals surface area contributed by atoms with Crippen LogP contribution in [0.25, 0.3) is 0 Å². The number of aliphatic hydroxyl groups excluding tert-OH is 1. The van der Waals surface area contributed by atoms with Crippen LogP contribution in [0.15, 0.2) is 0 Å². The summed E-state index contributed by atoms with van der Waals surface area (Å²) in [6, 6.07) is 0. The largest absolute Gasteiger partial charge is 0.394 e. The van der Waals surface area contributed by atoms with Gasteiger partial charge in [-0.25, -0.2) is 0 Å².